The lowest BCUT2D eigenvalue weighted by Crippen LogP contribution is -2.35. The van der Waals surface area contributed by atoms with E-state index in [1.54, 1.807) is 0 Å². The molecule has 0 heterocycles. The third-order valence-electron chi connectivity index (χ3n) is 5.54. The molecule has 1 aliphatic carbocycles. The van der Waals surface area contributed by atoms with Crippen LogP contribution in [0.25, 0.3) is 11.1 Å². The van der Waals surface area contributed by atoms with Crippen molar-refractivity contribution in [2.45, 2.75) is 38.6 Å². The summed E-state index contributed by atoms with van der Waals surface area (Å²) < 4.78 is 0. The molecule has 2 atom stereocenters. The molecule has 4 nitrogen and oxygen atoms in total. The molecule has 2 amide bonds. The zero-order chi connectivity index (χ0) is 20.1. The van der Waals surface area contributed by atoms with Gasteiger partial charge in [0, 0.05) is 36.6 Å². The molecule has 148 valence electrons. The molecule has 2 aromatic rings. The molecular formula is C23H27ClN2O2. The summed E-state index contributed by atoms with van der Waals surface area (Å²) >= 11 is 5.94. The minimum absolute atomic E-state index is 0.0336. The highest BCUT2D eigenvalue weighted by atomic mass is 35.5. The standard InChI is InChI=1S/C23H27ClN2O2/c1-3-25-22(27)15-16-4-13-21(14-16)26(2)23(28)19-7-5-17(6-8-19)18-9-11-20(24)12-10-18/h5-12,16,21H,3-4,13-15H2,1-2H3,(H,25,27)/t16-,21+/m0/s1. The third-order valence-corrected chi connectivity index (χ3v) is 5.79. The predicted octanol–water partition coefficient (Wildman–Crippen LogP) is 4.77. The average molecular weight is 399 g/mol. The fourth-order valence-corrected chi connectivity index (χ4v) is 4.06. The van der Waals surface area contributed by atoms with E-state index in [1.807, 2.05) is 67.4 Å². The van der Waals surface area contributed by atoms with Gasteiger partial charge in [0.1, 0.15) is 0 Å². The lowest BCUT2D eigenvalue weighted by Gasteiger charge is -2.25. The summed E-state index contributed by atoms with van der Waals surface area (Å²) in [5, 5.41) is 3.57. The molecule has 5 heteroatoms. The molecule has 0 aromatic heterocycles. The minimum atomic E-state index is 0.0336. The Bertz CT molecular complexity index is 818. The molecule has 0 bridgehead atoms. The van der Waals surface area contributed by atoms with E-state index in [-0.39, 0.29) is 17.9 Å². The van der Waals surface area contributed by atoms with Crippen molar-refractivity contribution in [1.29, 1.82) is 0 Å². The van der Waals surface area contributed by atoms with Gasteiger partial charge in [0.2, 0.25) is 5.91 Å². The van der Waals surface area contributed by atoms with Crippen LogP contribution in [0.1, 0.15) is 43.0 Å². The average Bonchev–Trinajstić information content (AvgIpc) is 3.16. The van der Waals surface area contributed by atoms with Gasteiger partial charge in [-0.15, -0.1) is 0 Å². The Morgan fingerprint density at radius 2 is 1.64 bits per heavy atom. The molecular weight excluding hydrogens is 372 g/mol. The highest BCUT2D eigenvalue weighted by Crippen LogP contribution is 2.32. The largest absolute Gasteiger partial charge is 0.356 e. The highest BCUT2D eigenvalue weighted by molar-refractivity contribution is 6.30. The third kappa shape index (κ3) is 4.93. The van der Waals surface area contributed by atoms with Crippen LogP contribution in [-0.2, 0) is 4.79 Å². The van der Waals surface area contributed by atoms with Gasteiger partial charge < -0.3 is 10.2 Å². The fourth-order valence-electron chi connectivity index (χ4n) is 3.93. The zero-order valence-electron chi connectivity index (χ0n) is 16.5. The topological polar surface area (TPSA) is 49.4 Å². The fraction of sp³-hybridized carbons (Fsp3) is 0.391. The Kier molecular flexibility index (Phi) is 6.74. The van der Waals surface area contributed by atoms with Gasteiger partial charge >= 0.3 is 0 Å². The van der Waals surface area contributed by atoms with Gasteiger partial charge in [0.25, 0.3) is 5.91 Å². The molecule has 1 N–H and O–H groups in total. The smallest absolute Gasteiger partial charge is 0.253 e. The van der Waals surface area contributed by atoms with Crippen molar-refractivity contribution in [3.63, 3.8) is 0 Å². The van der Waals surface area contributed by atoms with E-state index in [0.717, 1.165) is 30.4 Å². The second-order valence-corrected chi connectivity index (χ2v) is 7.93. The normalized spacial score (nSPS) is 18.7. The number of benzene rings is 2. The number of amides is 2. The van der Waals surface area contributed by atoms with E-state index in [0.29, 0.717) is 29.5 Å². The van der Waals surface area contributed by atoms with E-state index in [2.05, 4.69) is 5.32 Å². The van der Waals surface area contributed by atoms with Crippen molar-refractivity contribution >= 4 is 23.4 Å². The number of hydrogen-bond donors (Lipinski definition) is 1. The molecule has 0 unspecified atom stereocenters. The summed E-state index contributed by atoms with van der Waals surface area (Å²) in [6.07, 6.45) is 3.40. The Morgan fingerprint density at radius 3 is 2.25 bits per heavy atom. The molecule has 0 aliphatic heterocycles. The Hall–Kier alpha value is -2.33. The minimum Gasteiger partial charge on any atom is -0.356 e. The quantitative estimate of drug-likeness (QED) is 0.761. The van der Waals surface area contributed by atoms with Crippen molar-refractivity contribution < 1.29 is 9.59 Å². The summed E-state index contributed by atoms with van der Waals surface area (Å²) in [5.74, 6) is 0.505. The predicted molar refractivity (Wildman–Crippen MR) is 113 cm³/mol. The number of nitrogens with one attached hydrogen (secondary N) is 1. The van der Waals surface area contributed by atoms with Crippen LogP contribution in [0.15, 0.2) is 48.5 Å². The van der Waals surface area contributed by atoms with Gasteiger partial charge in [-0.05, 0) is 67.5 Å². The van der Waals surface area contributed by atoms with Crippen molar-refractivity contribution in [3.05, 3.63) is 59.1 Å². The van der Waals surface area contributed by atoms with E-state index < -0.39 is 0 Å². The summed E-state index contributed by atoms with van der Waals surface area (Å²) in [5.41, 5.74) is 2.81. The molecule has 3 rings (SSSR count). The monoisotopic (exact) mass is 398 g/mol. The Labute approximate surface area is 171 Å². The van der Waals surface area contributed by atoms with Crippen molar-refractivity contribution in [2.75, 3.05) is 13.6 Å². The van der Waals surface area contributed by atoms with Crippen LogP contribution >= 0.6 is 11.6 Å². The summed E-state index contributed by atoms with van der Waals surface area (Å²) in [7, 11) is 1.87. The SMILES string of the molecule is CCNC(=O)C[C@H]1CC[C@@H](N(C)C(=O)c2ccc(-c3ccc(Cl)cc3)cc2)C1. The van der Waals surface area contributed by atoms with Crippen LogP contribution in [0, 0.1) is 5.92 Å². The maximum atomic E-state index is 12.9. The Balaban J connectivity index is 1.60. The molecule has 0 saturated heterocycles. The van der Waals surface area contributed by atoms with Gasteiger partial charge in [-0.25, -0.2) is 0 Å². The molecule has 28 heavy (non-hydrogen) atoms. The van der Waals surface area contributed by atoms with Gasteiger partial charge in [0.05, 0.1) is 0 Å². The van der Waals surface area contributed by atoms with Crippen molar-refractivity contribution in [1.82, 2.24) is 10.2 Å². The second-order valence-electron chi connectivity index (χ2n) is 7.49. The zero-order valence-corrected chi connectivity index (χ0v) is 17.2. The van der Waals surface area contributed by atoms with E-state index in [9.17, 15) is 9.59 Å². The van der Waals surface area contributed by atoms with Crippen molar-refractivity contribution in [2.24, 2.45) is 5.92 Å². The summed E-state index contributed by atoms with van der Waals surface area (Å²) in [6, 6.07) is 15.6. The molecule has 2 aromatic carbocycles. The summed E-state index contributed by atoms with van der Waals surface area (Å²) in [4.78, 5) is 26.5. The molecule has 0 spiro atoms. The van der Waals surface area contributed by atoms with E-state index in [4.69, 9.17) is 11.6 Å². The van der Waals surface area contributed by atoms with Crippen LogP contribution in [0.5, 0.6) is 0 Å². The van der Waals surface area contributed by atoms with Crippen LogP contribution < -0.4 is 5.32 Å². The van der Waals surface area contributed by atoms with Gasteiger partial charge in [0.15, 0.2) is 0 Å². The van der Waals surface area contributed by atoms with Crippen molar-refractivity contribution in [3.8, 4) is 11.1 Å². The highest BCUT2D eigenvalue weighted by Gasteiger charge is 2.31. The van der Waals surface area contributed by atoms with Crippen LogP contribution in [0.4, 0.5) is 0 Å². The number of halogens is 1. The number of rotatable bonds is 6. The van der Waals surface area contributed by atoms with Gasteiger partial charge in [-0.3, -0.25) is 9.59 Å². The number of carbonyl (C=O) groups is 2. The molecule has 0 radical (unpaired) electrons. The lowest BCUT2D eigenvalue weighted by atomic mass is 10.0. The number of hydrogen-bond acceptors (Lipinski definition) is 2. The second kappa shape index (κ2) is 9.24. The molecule has 1 aliphatic rings. The maximum Gasteiger partial charge on any atom is 0.253 e. The first kappa shape index (κ1) is 20.4. The molecule has 1 fully saturated rings. The Morgan fingerprint density at radius 1 is 1.04 bits per heavy atom. The van der Waals surface area contributed by atoms with Gasteiger partial charge in [-0.1, -0.05) is 35.9 Å². The number of nitrogens with zero attached hydrogens (tertiary/aromatic N) is 1. The first-order valence-electron chi connectivity index (χ1n) is 9.87. The first-order chi connectivity index (χ1) is 13.5. The van der Waals surface area contributed by atoms with Crippen LogP contribution in [0.2, 0.25) is 5.02 Å². The van der Waals surface area contributed by atoms with E-state index >= 15 is 0 Å². The number of carbonyl (C=O) groups excluding carboxylic acids is 2. The maximum absolute atomic E-state index is 12.9. The first-order valence-corrected chi connectivity index (χ1v) is 10.3. The summed E-state index contributed by atoms with van der Waals surface area (Å²) in [6.45, 7) is 2.60. The molecule has 1 saturated carbocycles. The van der Waals surface area contributed by atoms with E-state index in [1.165, 1.54) is 0 Å². The van der Waals surface area contributed by atoms with Crippen LogP contribution in [-0.4, -0.2) is 36.3 Å². The van der Waals surface area contributed by atoms with Gasteiger partial charge in [-0.2, -0.15) is 0 Å². The lowest BCUT2D eigenvalue weighted by molar-refractivity contribution is -0.121. The van der Waals surface area contributed by atoms with Crippen LogP contribution in [0.3, 0.4) is 0 Å².